The Morgan fingerprint density at radius 2 is 2.00 bits per heavy atom. The second kappa shape index (κ2) is 6.09. The summed E-state index contributed by atoms with van der Waals surface area (Å²) in [5.74, 6) is -0.384. The summed E-state index contributed by atoms with van der Waals surface area (Å²) in [5.41, 5.74) is 6.56. The van der Waals surface area contributed by atoms with E-state index in [2.05, 4.69) is 5.32 Å². The molecule has 100 valence electrons. The molecular formula is C12H20N4O2. The van der Waals surface area contributed by atoms with Crippen molar-refractivity contribution in [1.82, 2.24) is 14.8 Å². The van der Waals surface area contributed by atoms with Crippen LogP contribution in [0, 0.1) is 0 Å². The number of nitrogens with two attached hydrogens (primary N) is 1. The minimum atomic E-state index is -0.297. The SMILES string of the molecule is CCN(CC)C(=O)CNC(=O)c1cc(N)cn1C. The highest BCUT2D eigenvalue weighted by molar-refractivity contribution is 5.96. The summed E-state index contributed by atoms with van der Waals surface area (Å²) in [5, 5.41) is 2.60. The minimum absolute atomic E-state index is 0.00555. The Morgan fingerprint density at radius 3 is 2.44 bits per heavy atom. The van der Waals surface area contributed by atoms with Crippen molar-refractivity contribution in [2.24, 2.45) is 7.05 Å². The number of aromatic nitrogens is 1. The zero-order valence-corrected chi connectivity index (χ0v) is 11.1. The first-order chi connectivity index (χ1) is 8.49. The Bertz CT molecular complexity index is 435. The molecule has 0 bridgehead atoms. The number of nitrogens with zero attached hydrogens (tertiary/aromatic N) is 2. The molecule has 0 spiro atoms. The molecule has 0 unspecified atom stereocenters. The first-order valence-corrected chi connectivity index (χ1v) is 5.97. The molecule has 0 aromatic carbocycles. The van der Waals surface area contributed by atoms with Gasteiger partial charge < -0.3 is 20.5 Å². The molecule has 0 radical (unpaired) electrons. The highest BCUT2D eigenvalue weighted by atomic mass is 16.2. The van der Waals surface area contributed by atoms with E-state index in [1.165, 1.54) is 0 Å². The molecule has 0 saturated carbocycles. The van der Waals surface area contributed by atoms with Crippen LogP contribution in [-0.4, -0.2) is 40.9 Å². The van der Waals surface area contributed by atoms with Gasteiger partial charge in [0.15, 0.2) is 0 Å². The standard InChI is InChI=1S/C12H20N4O2/c1-4-16(5-2)11(17)7-14-12(18)10-6-9(13)8-15(10)3/h6,8H,4-5,7,13H2,1-3H3,(H,14,18). The van der Waals surface area contributed by atoms with Crippen LogP contribution in [0.2, 0.25) is 0 Å². The molecular weight excluding hydrogens is 232 g/mol. The van der Waals surface area contributed by atoms with Crippen LogP contribution in [0.15, 0.2) is 12.3 Å². The summed E-state index contributed by atoms with van der Waals surface area (Å²) in [6.07, 6.45) is 1.65. The number of likely N-dealkylation sites (N-methyl/N-ethyl adjacent to an activating group) is 1. The molecule has 3 N–H and O–H groups in total. The van der Waals surface area contributed by atoms with Gasteiger partial charge in [0.25, 0.3) is 5.91 Å². The van der Waals surface area contributed by atoms with Crippen molar-refractivity contribution in [3.05, 3.63) is 18.0 Å². The maximum Gasteiger partial charge on any atom is 0.268 e. The molecule has 6 heteroatoms. The zero-order chi connectivity index (χ0) is 13.7. The van der Waals surface area contributed by atoms with Crippen molar-refractivity contribution in [3.63, 3.8) is 0 Å². The van der Waals surface area contributed by atoms with E-state index in [0.29, 0.717) is 24.5 Å². The zero-order valence-electron chi connectivity index (χ0n) is 11.1. The second-order valence-corrected chi connectivity index (χ2v) is 4.02. The van der Waals surface area contributed by atoms with Crippen LogP contribution in [0.4, 0.5) is 5.69 Å². The highest BCUT2D eigenvalue weighted by Crippen LogP contribution is 2.08. The number of aryl methyl sites for hydroxylation is 1. The van der Waals surface area contributed by atoms with Crippen molar-refractivity contribution in [3.8, 4) is 0 Å². The summed E-state index contributed by atoms with van der Waals surface area (Å²) in [7, 11) is 1.73. The Kier molecular flexibility index (Phi) is 4.76. The van der Waals surface area contributed by atoms with Crippen LogP contribution in [0.25, 0.3) is 0 Å². The van der Waals surface area contributed by atoms with Crippen LogP contribution in [0.5, 0.6) is 0 Å². The van der Waals surface area contributed by atoms with Gasteiger partial charge in [-0.2, -0.15) is 0 Å². The van der Waals surface area contributed by atoms with Gasteiger partial charge in [-0.1, -0.05) is 0 Å². The minimum Gasteiger partial charge on any atom is -0.397 e. The summed E-state index contributed by atoms with van der Waals surface area (Å²) in [6.45, 7) is 5.10. The van der Waals surface area contributed by atoms with Gasteiger partial charge in [0.1, 0.15) is 5.69 Å². The molecule has 1 aromatic heterocycles. The van der Waals surface area contributed by atoms with Crippen LogP contribution >= 0.6 is 0 Å². The van der Waals surface area contributed by atoms with E-state index < -0.39 is 0 Å². The molecule has 1 rings (SSSR count). The van der Waals surface area contributed by atoms with Crippen LogP contribution in [0.3, 0.4) is 0 Å². The van der Waals surface area contributed by atoms with E-state index in [-0.39, 0.29) is 18.4 Å². The van der Waals surface area contributed by atoms with Crippen LogP contribution in [0.1, 0.15) is 24.3 Å². The lowest BCUT2D eigenvalue weighted by atomic mass is 10.3. The van der Waals surface area contributed by atoms with Crippen LogP contribution in [-0.2, 0) is 11.8 Å². The fourth-order valence-electron chi connectivity index (χ4n) is 1.75. The summed E-state index contributed by atoms with van der Waals surface area (Å²) in [4.78, 5) is 25.2. The van der Waals surface area contributed by atoms with Gasteiger partial charge in [0.05, 0.1) is 12.2 Å². The average Bonchev–Trinajstić information content (AvgIpc) is 2.67. The Labute approximate surface area is 107 Å². The quantitative estimate of drug-likeness (QED) is 0.786. The van der Waals surface area contributed by atoms with E-state index in [0.717, 1.165) is 0 Å². The normalized spacial score (nSPS) is 10.2. The monoisotopic (exact) mass is 252 g/mol. The predicted octanol–water partition coefficient (Wildman–Crippen LogP) is 0.206. The van der Waals surface area contributed by atoms with Gasteiger partial charge in [-0.3, -0.25) is 9.59 Å². The number of carbonyl (C=O) groups excluding carboxylic acids is 2. The number of nitrogen functional groups attached to an aromatic ring is 1. The smallest absolute Gasteiger partial charge is 0.268 e. The molecule has 0 atom stereocenters. The van der Waals surface area contributed by atoms with Crippen molar-refractivity contribution in [2.75, 3.05) is 25.4 Å². The van der Waals surface area contributed by atoms with E-state index in [4.69, 9.17) is 5.73 Å². The molecule has 0 aliphatic heterocycles. The predicted molar refractivity (Wildman–Crippen MR) is 70.1 cm³/mol. The maximum atomic E-state index is 11.8. The van der Waals surface area contributed by atoms with Gasteiger partial charge in [-0.15, -0.1) is 0 Å². The number of amides is 2. The average molecular weight is 252 g/mol. The van der Waals surface area contributed by atoms with Gasteiger partial charge in [0.2, 0.25) is 5.91 Å². The summed E-state index contributed by atoms with van der Waals surface area (Å²) < 4.78 is 1.63. The Hall–Kier alpha value is -1.98. The third-order valence-corrected chi connectivity index (χ3v) is 2.78. The van der Waals surface area contributed by atoms with Gasteiger partial charge in [-0.05, 0) is 19.9 Å². The van der Waals surface area contributed by atoms with E-state index in [9.17, 15) is 9.59 Å². The molecule has 0 aliphatic carbocycles. The molecule has 18 heavy (non-hydrogen) atoms. The Balaban J connectivity index is 2.56. The molecule has 6 nitrogen and oxygen atoms in total. The number of nitrogens with one attached hydrogen (secondary N) is 1. The lowest BCUT2D eigenvalue weighted by Crippen LogP contribution is -2.40. The topological polar surface area (TPSA) is 80.4 Å². The van der Waals surface area contributed by atoms with Crippen molar-refractivity contribution in [2.45, 2.75) is 13.8 Å². The van der Waals surface area contributed by atoms with Crippen LogP contribution < -0.4 is 11.1 Å². The molecule has 0 saturated heterocycles. The van der Waals surface area contributed by atoms with E-state index in [1.807, 2.05) is 13.8 Å². The first-order valence-electron chi connectivity index (χ1n) is 5.97. The fourth-order valence-corrected chi connectivity index (χ4v) is 1.75. The van der Waals surface area contributed by atoms with Crippen molar-refractivity contribution >= 4 is 17.5 Å². The van der Waals surface area contributed by atoms with Gasteiger partial charge in [-0.25, -0.2) is 0 Å². The maximum absolute atomic E-state index is 11.8. The summed E-state index contributed by atoms with van der Waals surface area (Å²) in [6, 6.07) is 1.58. The van der Waals surface area contributed by atoms with Gasteiger partial charge in [0, 0.05) is 26.3 Å². The number of hydrogen-bond donors (Lipinski definition) is 2. The third-order valence-electron chi connectivity index (χ3n) is 2.78. The van der Waals surface area contributed by atoms with Crippen molar-refractivity contribution < 1.29 is 9.59 Å². The molecule has 2 amide bonds. The molecule has 0 fully saturated rings. The molecule has 1 aromatic rings. The highest BCUT2D eigenvalue weighted by Gasteiger charge is 2.14. The lowest BCUT2D eigenvalue weighted by Gasteiger charge is -2.18. The fraction of sp³-hybridized carbons (Fsp3) is 0.500. The van der Waals surface area contributed by atoms with E-state index >= 15 is 0 Å². The number of carbonyl (C=O) groups is 2. The summed E-state index contributed by atoms with van der Waals surface area (Å²) >= 11 is 0. The lowest BCUT2D eigenvalue weighted by molar-refractivity contribution is -0.129. The third kappa shape index (κ3) is 3.26. The Morgan fingerprint density at radius 1 is 1.39 bits per heavy atom. The molecule has 1 heterocycles. The largest absolute Gasteiger partial charge is 0.397 e. The van der Waals surface area contributed by atoms with Gasteiger partial charge >= 0.3 is 0 Å². The molecule has 0 aliphatic rings. The number of hydrogen-bond acceptors (Lipinski definition) is 3. The number of rotatable bonds is 5. The van der Waals surface area contributed by atoms with Crippen molar-refractivity contribution in [1.29, 1.82) is 0 Å². The van der Waals surface area contributed by atoms with E-state index in [1.54, 1.807) is 28.8 Å². The number of anilines is 1. The first kappa shape index (κ1) is 14.1. The second-order valence-electron chi connectivity index (χ2n) is 4.02.